The second kappa shape index (κ2) is 19.4. The fourth-order valence-electron chi connectivity index (χ4n) is 2.98. The van der Waals surface area contributed by atoms with Crippen LogP contribution in [-0.4, -0.2) is 48.6 Å². The van der Waals surface area contributed by atoms with Gasteiger partial charge < -0.3 is 10.4 Å². The average Bonchev–Trinajstić information content (AvgIpc) is 2.62. The highest BCUT2D eigenvalue weighted by Gasteiger charge is 2.04. The Bertz CT molecular complexity index is 397. The monoisotopic (exact) mass is 382 g/mol. The van der Waals surface area contributed by atoms with E-state index in [2.05, 4.69) is 24.4 Å². The van der Waals surface area contributed by atoms with Crippen LogP contribution in [0.4, 0.5) is 0 Å². The molecule has 0 aliphatic carbocycles. The zero-order valence-electron chi connectivity index (χ0n) is 17.7. The fourth-order valence-corrected chi connectivity index (χ4v) is 2.98. The minimum absolute atomic E-state index is 0.0443. The van der Waals surface area contributed by atoms with Gasteiger partial charge in [-0.2, -0.15) is 0 Å². The van der Waals surface area contributed by atoms with E-state index in [1.54, 1.807) is 11.9 Å². The Kier molecular flexibility index (Phi) is 18.4. The molecule has 5 nitrogen and oxygen atoms in total. The second-order valence-electron chi connectivity index (χ2n) is 7.46. The van der Waals surface area contributed by atoms with Gasteiger partial charge in [-0.1, -0.05) is 57.6 Å². The normalized spacial score (nSPS) is 11.4. The third kappa shape index (κ3) is 20.8. The van der Waals surface area contributed by atoms with Gasteiger partial charge in [-0.05, 0) is 45.6 Å². The Morgan fingerprint density at radius 1 is 0.889 bits per heavy atom. The molecule has 5 heteroatoms. The molecule has 0 aliphatic rings. The molecule has 0 rings (SSSR count). The number of nitrogens with zero attached hydrogens (tertiary/aromatic N) is 1. The van der Waals surface area contributed by atoms with Gasteiger partial charge in [0.05, 0.1) is 6.54 Å². The maximum atomic E-state index is 11.7. The highest BCUT2D eigenvalue weighted by atomic mass is 16.4. The van der Waals surface area contributed by atoms with Gasteiger partial charge in [-0.15, -0.1) is 0 Å². The van der Waals surface area contributed by atoms with Crippen LogP contribution >= 0.6 is 0 Å². The van der Waals surface area contributed by atoms with E-state index in [4.69, 9.17) is 5.11 Å². The molecule has 0 fully saturated rings. The van der Waals surface area contributed by atoms with Gasteiger partial charge >= 0.3 is 5.97 Å². The van der Waals surface area contributed by atoms with Crippen LogP contribution in [0.1, 0.15) is 90.4 Å². The van der Waals surface area contributed by atoms with Gasteiger partial charge in [-0.25, -0.2) is 0 Å². The maximum absolute atomic E-state index is 11.7. The highest BCUT2D eigenvalue weighted by molar-refractivity contribution is 5.75. The summed E-state index contributed by atoms with van der Waals surface area (Å²) in [7, 11) is 1.78. The Morgan fingerprint density at radius 2 is 1.48 bits per heavy atom. The predicted octanol–water partition coefficient (Wildman–Crippen LogP) is 4.77. The summed E-state index contributed by atoms with van der Waals surface area (Å²) in [6, 6.07) is 0. The number of carbonyl (C=O) groups is 2. The molecular formula is C22H42N2O3. The summed E-state index contributed by atoms with van der Waals surface area (Å²) >= 11 is 0. The van der Waals surface area contributed by atoms with Crippen molar-refractivity contribution in [2.24, 2.45) is 0 Å². The summed E-state index contributed by atoms with van der Waals surface area (Å²) in [4.78, 5) is 24.0. The summed E-state index contributed by atoms with van der Waals surface area (Å²) in [5.74, 6) is -0.707. The molecule has 0 heterocycles. The summed E-state index contributed by atoms with van der Waals surface area (Å²) in [5, 5.41) is 11.6. The lowest BCUT2D eigenvalue weighted by Gasteiger charge is -2.13. The molecular weight excluding hydrogens is 340 g/mol. The van der Waals surface area contributed by atoms with E-state index < -0.39 is 5.97 Å². The number of carboxylic acids is 1. The predicted molar refractivity (Wildman–Crippen MR) is 113 cm³/mol. The fraction of sp³-hybridized carbons (Fsp3) is 0.818. The number of likely N-dealkylation sites (N-methyl/N-ethyl adjacent to an activating group) is 1. The summed E-state index contributed by atoms with van der Waals surface area (Å²) < 4.78 is 0. The Hall–Kier alpha value is -1.36. The lowest BCUT2D eigenvalue weighted by molar-refractivity contribution is -0.138. The smallest absolute Gasteiger partial charge is 0.317 e. The third-order valence-electron chi connectivity index (χ3n) is 4.61. The van der Waals surface area contributed by atoms with Gasteiger partial charge in [0.25, 0.3) is 0 Å². The molecule has 0 aromatic rings. The molecule has 0 radical (unpaired) electrons. The number of unbranched alkanes of at least 4 members (excludes halogenated alkanes) is 9. The van der Waals surface area contributed by atoms with Gasteiger partial charge in [0.2, 0.25) is 5.91 Å². The Labute approximate surface area is 166 Å². The second-order valence-corrected chi connectivity index (χ2v) is 7.46. The average molecular weight is 383 g/mol. The number of carboxylic acid groups (broad SMARTS) is 1. The SMILES string of the molecule is CCCCCC/C=C/CCCCCCCC(=O)NCCCN(C)CC(=O)O. The van der Waals surface area contributed by atoms with Crippen molar-refractivity contribution >= 4 is 11.9 Å². The first-order chi connectivity index (χ1) is 13.1. The number of hydrogen-bond acceptors (Lipinski definition) is 3. The first kappa shape index (κ1) is 25.6. The molecule has 0 unspecified atom stereocenters. The number of aliphatic carboxylic acids is 1. The minimum Gasteiger partial charge on any atom is -0.480 e. The van der Waals surface area contributed by atoms with E-state index in [1.165, 1.54) is 57.8 Å². The van der Waals surface area contributed by atoms with Gasteiger partial charge in [0.1, 0.15) is 0 Å². The first-order valence-electron chi connectivity index (χ1n) is 10.9. The van der Waals surface area contributed by atoms with Crippen LogP contribution in [0.15, 0.2) is 12.2 Å². The molecule has 0 aromatic carbocycles. The quantitative estimate of drug-likeness (QED) is 0.249. The van der Waals surface area contributed by atoms with Crippen LogP contribution in [0.5, 0.6) is 0 Å². The number of allylic oxidation sites excluding steroid dienone is 2. The van der Waals surface area contributed by atoms with E-state index in [0.717, 1.165) is 19.3 Å². The van der Waals surface area contributed by atoms with Crippen molar-refractivity contribution in [2.45, 2.75) is 90.4 Å². The van der Waals surface area contributed by atoms with E-state index in [9.17, 15) is 9.59 Å². The molecule has 0 aliphatic heterocycles. The number of rotatable bonds is 19. The molecule has 0 atom stereocenters. The molecule has 1 amide bonds. The van der Waals surface area contributed by atoms with Crippen molar-refractivity contribution in [3.63, 3.8) is 0 Å². The lowest BCUT2D eigenvalue weighted by Crippen LogP contribution is -2.30. The number of carbonyl (C=O) groups excluding carboxylic acids is 1. The molecule has 0 saturated carbocycles. The van der Waals surface area contributed by atoms with Gasteiger partial charge in [-0.3, -0.25) is 14.5 Å². The van der Waals surface area contributed by atoms with Crippen LogP contribution in [0.25, 0.3) is 0 Å². The summed E-state index contributed by atoms with van der Waals surface area (Å²) in [6.45, 7) is 3.59. The summed E-state index contributed by atoms with van der Waals surface area (Å²) in [6.07, 6.45) is 19.6. The molecule has 27 heavy (non-hydrogen) atoms. The zero-order chi connectivity index (χ0) is 20.2. The zero-order valence-corrected chi connectivity index (χ0v) is 17.7. The number of amides is 1. The van der Waals surface area contributed by atoms with Gasteiger partial charge in [0, 0.05) is 19.5 Å². The van der Waals surface area contributed by atoms with Gasteiger partial charge in [0.15, 0.2) is 0 Å². The van der Waals surface area contributed by atoms with Crippen LogP contribution in [0.2, 0.25) is 0 Å². The van der Waals surface area contributed by atoms with E-state index >= 15 is 0 Å². The first-order valence-corrected chi connectivity index (χ1v) is 10.9. The van der Waals surface area contributed by atoms with Crippen molar-refractivity contribution < 1.29 is 14.7 Å². The lowest BCUT2D eigenvalue weighted by atomic mass is 10.1. The van der Waals surface area contributed by atoms with Crippen molar-refractivity contribution in [2.75, 3.05) is 26.7 Å². The van der Waals surface area contributed by atoms with Crippen molar-refractivity contribution in [3.05, 3.63) is 12.2 Å². The topological polar surface area (TPSA) is 69.6 Å². The molecule has 2 N–H and O–H groups in total. The van der Waals surface area contributed by atoms with Crippen molar-refractivity contribution in [1.82, 2.24) is 10.2 Å². The Morgan fingerprint density at radius 3 is 2.11 bits per heavy atom. The van der Waals surface area contributed by atoms with Crippen LogP contribution in [0.3, 0.4) is 0 Å². The van der Waals surface area contributed by atoms with E-state index in [1.807, 2.05) is 0 Å². The summed E-state index contributed by atoms with van der Waals surface area (Å²) in [5.41, 5.74) is 0. The van der Waals surface area contributed by atoms with Crippen LogP contribution < -0.4 is 5.32 Å². The molecule has 0 aromatic heterocycles. The van der Waals surface area contributed by atoms with Crippen LogP contribution in [-0.2, 0) is 9.59 Å². The van der Waals surface area contributed by atoms with Crippen molar-refractivity contribution in [3.8, 4) is 0 Å². The number of nitrogens with one attached hydrogen (secondary N) is 1. The molecule has 0 spiro atoms. The molecule has 0 bridgehead atoms. The largest absolute Gasteiger partial charge is 0.480 e. The highest BCUT2D eigenvalue weighted by Crippen LogP contribution is 2.08. The molecule has 0 saturated heterocycles. The standard InChI is InChI=1S/C22H42N2O3/c1-3-4-5-6-7-8-9-10-11-12-13-14-15-17-21(25)23-18-16-19-24(2)20-22(26)27/h8-9H,3-7,10-20H2,1-2H3,(H,23,25)(H,26,27)/b9-8+. The molecule has 158 valence electrons. The Balaban J connectivity index is 3.31. The van der Waals surface area contributed by atoms with Crippen molar-refractivity contribution in [1.29, 1.82) is 0 Å². The van der Waals surface area contributed by atoms with E-state index in [-0.39, 0.29) is 12.5 Å². The van der Waals surface area contributed by atoms with E-state index in [0.29, 0.717) is 19.5 Å². The van der Waals surface area contributed by atoms with Crippen LogP contribution in [0, 0.1) is 0 Å². The maximum Gasteiger partial charge on any atom is 0.317 e. The third-order valence-corrected chi connectivity index (χ3v) is 4.61. The minimum atomic E-state index is -0.819. The number of hydrogen-bond donors (Lipinski definition) is 2.